The molecule has 0 saturated heterocycles. The Hall–Kier alpha value is -2.37. The average molecular weight is 362 g/mol. The summed E-state index contributed by atoms with van der Waals surface area (Å²) in [4.78, 5) is 23.1. The van der Waals surface area contributed by atoms with Crippen molar-refractivity contribution in [3.8, 4) is 0 Å². The van der Waals surface area contributed by atoms with E-state index in [-0.39, 0.29) is 24.2 Å². The fourth-order valence-electron chi connectivity index (χ4n) is 2.32. The van der Waals surface area contributed by atoms with Crippen LogP contribution in [0.25, 0.3) is 0 Å². The Morgan fingerprint density at radius 1 is 1.04 bits per heavy atom. The third kappa shape index (κ3) is 6.57. The van der Waals surface area contributed by atoms with E-state index in [0.717, 1.165) is 22.4 Å². The summed E-state index contributed by atoms with van der Waals surface area (Å²) in [5, 5.41) is 5.58. The third-order valence-corrected chi connectivity index (χ3v) is 3.71. The summed E-state index contributed by atoms with van der Waals surface area (Å²) >= 11 is 0. The maximum absolute atomic E-state index is 12.1. The molecule has 0 saturated carbocycles. The Kier molecular flexibility index (Phi) is 8.11. The Bertz CT molecular complexity index is 700. The second kappa shape index (κ2) is 9.81. The van der Waals surface area contributed by atoms with E-state index in [1.165, 1.54) is 6.92 Å². The predicted molar refractivity (Wildman–Crippen MR) is 103 cm³/mol. The topological polar surface area (TPSA) is 84.2 Å². The number of nitrogens with two attached hydrogens (primary N) is 1. The number of rotatable bonds is 6. The summed E-state index contributed by atoms with van der Waals surface area (Å²) < 4.78 is 0. The molecule has 0 fully saturated rings. The second-order valence-electron chi connectivity index (χ2n) is 5.81. The van der Waals surface area contributed by atoms with Crippen LogP contribution in [0, 0.1) is 6.92 Å². The molecule has 2 aromatic rings. The monoisotopic (exact) mass is 361 g/mol. The van der Waals surface area contributed by atoms with Crippen LogP contribution < -0.4 is 16.4 Å². The van der Waals surface area contributed by atoms with Gasteiger partial charge in [0, 0.05) is 19.2 Å². The van der Waals surface area contributed by atoms with Crippen LogP contribution in [0.15, 0.2) is 48.5 Å². The normalized spacial score (nSPS) is 11.2. The summed E-state index contributed by atoms with van der Waals surface area (Å²) in [6.07, 6.45) is 0.701. The first-order valence-electron chi connectivity index (χ1n) is 7.92. The molecule has 1 unspecified atom stereocenters. The lowest BCUT2D eigenvalue weighted by Crippen LogP contribution is -2.35. The lowest BCUT2D eigenvalue weighted by molar-refractivity contribution is -0.122. The van der Waals surface area contributed by atoms with Crippen molar-refractivity contribution >= 4 is 29.9 Å². The molecule has 0 aliphatic carbocycles. The van der Waals surface area contributed by atoms with Crippen LogP contribution in [0.1, 0.15) is 29.7 Å². The number of nitrogens with one attached hydrogen (secondary N) is 2. The number of anilines is 1. The Labute approximate surface area is 154 Å². The third-order valence-electron chi connectivity index (χ3n) is 3.71. The van der Waals surface area contributed by atoms with E-state index in [1.54, 1.807) is 0 Å². The van der Waals surface area contributed by atoms with Crippen molar-refractivity contribution in [2.75, 3.05) is 11.9 Å². The molecule has 6 heteroatoms. The minimum absolute atomic E-state index is 0. The van der Waals surface area contributed by atoms with Gasteiger partial charge in [0.2, 0.25) is 11.8 Å². The van der Waals surface area contributed by atoms with E-state index in [4.69, 9.17) is 5.73 Å². The molecule has 0 radical (unpaired) electrons. The number of hydrogen-bond donors (Lipinski definition) is 3. The van der Waals surface area contributed by atoms with Crippen LogP contribution in [-0.2, 0) is 16.0 Å². The summed E-state index contributed by atoms with van der Waals surface area (Å²) in [6.45, 7) is 3.98. The molecule has 134 valence electrons. The highest BCUT2D eigenvalue weighted by Gasteiger charge is 2.14. The van der Waals surface area contributed by atoms with E-state index in [9.17, 15) is 9.59 Å². The van der Waals surface area contributed by atoms with Gasteiger partial charge in [-0.25, -0.2) is 0 Å². The summed E-state index contributed by atoms with van der Waals surface area (Å²) in [7, 11) is 0. The molecule has 0 aromatic heterocycles. The van der Waals surface area contributed by atoms with Crippen LogP contribution in [-0.4, -0.2) is 18.4 Å². The molecule has 5 nitrogen and oxygen atoms in total. The van der Waals surface area contributed by atoms with Gasteiger partial charge >= 0.3 is 0 Å². The molecule has 2 amide bonds. The first-order chi connectivity index (χ1) is 11.5. The van der Waals surface area contributed by atoms with Crippen molar-refractivity contribution < 1.29 is 9.59 Å². The molecule has 0 bridgehead atoms. The zero-order valence-corrected chi connectivity index (χ0v) is 15.2. The first-order valence-corrected chi connectivity index (χ1v) is 7.92. The van der Waals surface area contributed by atoms with Crippen molar-refractivity contribution in [2.24, 2.45) is 5.73 Å². The fourth-order valence-corrected chi connectivity index (χ4v) is 2.32. The summed E-state index contributed by atoms with van der Waals surface area (Å²) in [5.74, 6) is -0.283. The van der Waals surface area contributed by atoms with Gasteiger partial charge in [0.15, 0.2) is 0 Å². The van der Waals surface area contributed by atoms with Crippen molar-refractivity contribution in [1.29, 1.82) is 0 Å². The first kappa shape index (κ1) is 20.7. The lowest BCUT2D eigenvalue weighted by atomic mass is 10.1. The van der Waals surface area contributed by atoms with Crippen molar-refractivity contribution in [2.45, 2.75) is 26.3 Å². The molecule has 0 spiro atoms. The van der Waals surface area contributed by atoms with E-state index in [0.29, 0.717) is 13.0 Å². The number of carbonyl (C=O) groups excluding carboxylic acids is 2. The fraction of sp³-hybridized carbons (Fsp3) is 0.263. The summed E-state index contributed by atoms with van der Waals surface area (Å²) in [5.41, 5.74) is 9.76. The van der Waals surface area contributed by atoms with E-state index in [1.807, 2.05) is 55.5 Å². The highest BCUT2D eigenvalue weighted by atomic mass is 35.5. The smallest absolute Gasteiger partial charge is 0.241 e. The van der Waals surface area contributed by atoms with Gasteiger partial charge in [-0.05, 0) is 36.6 Å². The number of benzene rings is 2. The Balaban J connectivity index is 0.00000312. The van der Waals surface area contributed by atoms with Crippen LogP contribution in [0.2, 0.25) is 0 Å². The van der Waals surface area contributed by atoms with Gasteiger partial charge in [0.05, 0.1) is 0 Å². The molecular weight excluding hydrogens is 338 g/mol. The van der Waals surface area contributed by atoms with Gasteiger partial charge < -0.3 is 16.4 Å². The zero-order chi connectivity index (χ0) is 17.5. The minimum atomic E-state index is -0.659. The molecule has 1 atom stereocenters. The molecular formula is C19H24ClN3O2. The molecule has 0 aliphatic heterocycles. The average Bonchev–Trinajstić information content (AvgIpc) is 2.56. The van der Waals surface area contributed by atoms with Crippen molar-refractivity contribution in [3.63, 3.8) is 0 Å². The number of amides is 2. The zero-order valence-electron chi connectivity index (χ0n) is 14.4. The van der Waals surface area contributed by atoms with Crippen LogP contribution in [0.5, 0.6) is 0 Å². The largest absolute Gasteiger partial charge is 0.354 e. The van der Waals surface area contributed by atoms with Gasteiger partial charge in [0.25, 0.3) is 0 Å². The number of halogens is 1. The van der Waals surface area contributed by atoms with Gasteiger partial charge in [0.1, 0.15) is 6.04 Å². The number of aryl methyl sites for hydroxylation is 1. The van der Waals surface area contributed by atoms with Crippen LogP contribution in [0.4, 0.5) is 5.69 Å². The van der Waals surface area contributed by atoms with E-state index in [2.05, 4.69) is 10.6 Å². The lowest BCUT2D eigenvalue weighted by Gasteiger charge is -2.13. The highest BCUT2D eigenvalue weighted by molar-refractivity contribution is 5.88. The Morgan fingerprint density at radius 2 is 1.64 bits per heavy atom. The maximum atomic E-state index is 12.1. The van der Waals surface area contributed by atoms with E-state index >= 15 is 0 Å². The SMILES string of the molecule is CC(=O)Nc1ccc(CCNC(=O)C(N)c2ccc(C)cc2)cc1.Cl. The molecule has 2 rings (SSSR count). The number of hydrogen-bond acceptors (Lipinski definition) is 3. The van der Waals surface area contributed by atoms with Gasteiger partial charge in [-0.15, -0.1) is 12.4 Å². The van der Waals surface area contributed by atoms with Gasteiger partial charge in [-0.3, -0.25) is 9.59 Å². The minimum Gasteiger partial charge on any atom is -0.354 e. The standard InChI is InChI=1S/C19H23N3O2.ClH/c1-13-3-7-16(8-4-13)18(20)19(24)21-12-11-15-5-9-17(10-6-15)22-14(2)23;/h3-10,18H,11-12,20H2,1-2H3,(H,21,24)(H,22,23);1H. The molecule has 4 N–H and O–H groups in total. The second-order valence-corrected chi connectivity index (χ2v) is 5.81. The predicted octanol–water partition coefficient (Wildman–Crippen LogP) is 2.73. The Morgan fingerprint density at radius 3 is 2.20 bits per heavy atom. The van der Waals surface area contributed by atoms with Crippen LogP contribution >= 0.6 is 12.4 Å². The molecule has 2 aromatic carbocycles. The van der Waals surface area contributed by atoms with Gasteiger partial charge in [-0.2, -0.15) is 0 Å². The highest BCUT2D eigenvalue weighted by Crippen LogP contribution is 2.12. The molecule has 25 heavy (non-hydrogen) atoms. The van der Waals surface area contributed by atoms with Crippen molar-refractivity contribution in [1.82, 2.24) is 5.32 Å². The number of carbonyl (C=O) groups is 2. The van der Waals surface area contributed by atoms with E-state index < -0.39 is 6.04 Å². The van der Waals surface area contributed by atoms with Crippen LogP contribution in [0.3, 0.4) is 0 Å². The quantitative estimate of drug-likeness (QED) is 0.739. The maximum Gasteiger partial charge on any atom is 0.241 e. The molecule has 0 aliphatic rings. The van der Waals surface area contributed by atoms with Crippen molar-refractivity contribution in [3.05, 3.63) is 65.2 Å². The molecule has 0 heterocycles. The van der Waals surface area contributed by atoms with Gasteiger partial charge in [-0.1, -0.05) is 42.0 Å². The summed E-state index contributed by atoms with van der Waals surface area (Å²) in [6, 6.07) is 14.5.